The maximum atomic E-state index is 10.5. The molecular weight excluding hydrogens is 178 g/mol. The van der Waals surface area contributed by atoms with Gasteiger partial charge in [0.05, 0.1) is 12.2 Å². The minimum absolute atomic E-state index is 0.240. The minimum atomic E-state index is -0.416. The van der Waals surface area contributed by atoms with E-state index in [-0.39, 0.29) is 5.92 Å². The van der Waals surface area contributed by atoms with Gasteiger partial charge in [-0.05, 0) is 25.2 Å². The van der Waals surface area contributed by atoms with E-state index in [1.807, 2.05) is 6.07 Å². The number of nitriles is 1. The SMILES string of the molecule is CCCCO[C@H]1C[C@@H](C(C#N)C=O)C1. The van der Waals surface area contributed by atoms with Crippen LogP contribution in [0.2, 0.25) is 0 Å². The van der Waals surface area contributed by atoms with Crippen LogP contribution in [0, 0.1) is 23.2 Å². The summed E-state index contributed by atoms with van der Waals surface area (Å²) in [7, 11) is 0. The lowest BCUT2D eigenvalue weighted by molar-refractivity contribution is -0.114. The van der Waals surface area contributed by atoms with Gasteiger partial charge in [0.25, 0.3) is 0 Å². The predicted molar refractivity (Wildman–Crippen MR) is 52.5 cm³/mol. The molecule has 3 heteroatoms. The van der Waals surface area contributed by atoms with Gasteiger partial charge in [-0.3, -0.25) is 0 Å². The quantitative estimate of drug-likeness (QED) is 0.480. The van der Waals surface area contributed by atoms with Gasteiger partial charge in [0.1, 0.15) is 12.2 Å². The van der Waals surface area contributed by atoms with Gasteiger partial charge in [-0.1, -0.05) is 13.3 Å². The molecule has 0 bridgehead atoms. The number of rotatable bonds is 6. The summed E-state index contributed by atoms with van der Waals surface area (Å²) in [5, 5.41) is 8.64. The Balaban J connectivity index is 2.11. The molecule has 0 heterocycles. The average molecular weight is 195 g/mol. The van der Waals surface area contributed by atoms with Gasteiger partial charge >= 0.3 is 0 Å². The number of hydrogen-bond acceptors (Lipinski definition) is 3. The fourth-order valence-corrected chi connectivity index (χ4v) is 1.68. The van der Waals surface area contributed by atoms with Crippen LogP contribution in [-0.4, -0.2) is 19.0 Å². The molecule has 0 amide bonds. The van der Waals surface area contributed by atoms with Crippen LogP contribution in [-0.2, 0) is 9.53 Å². The molecule has 1 unspecified atom stereocenters. The fourth-order valence-electron chi connectivity index (χ4n) is 1.68. The van der Waals surface area contributed by atoms with Crippen LogP contribution in [0.1, 0.15) is 32.6 Å². The molecular formula is C11H17NO2. The highest BCUT2D eigenvalue weighted by Gasteiger charge is 2.35. The number of ether oxygens (including phenoxy) is 1. The van der Waals surface area contributed by atoms with Gasteiger partial charge in [0, 0.05) is 6.61 Å². The van der Waals surface area contributed by atoms with E-state index in [0.717, 1.165) is 38.6 Å². The van der Waals surface area contributed by atoms with Crippen molar-refractivity contribution in [2.45, 2.75) is 38.7 Å². The van der Waals surface area contributed by atoms with Gasteiger partial charge in [-0.2, -0.15) is 5.26 Å². The Morgan fingerprint density at radius 3 is 2.86 bits per heavy atom. The Morgan fingerprint density at radius 1 is 1.64 bits per heavy atom. The molecule has 0 aromatic heterocycles. The highest BCUT2D eigenvalue weighted by molar-refractivity contribution is 5.58. The largest absolute Gasteiger partial charge is 0.378 e. The summed E-state index contributed by atoms with van der Waals surface area (Å²) in [6.45, 7) is 2.94. The molecule has 0 N–H and O–H groups in total. The van der Waals surface area contributed by atoms with Gasteiger partial charge in [-0.15, -0.1) is 0 Å². The summed E-state index contributed by atoms with van der Waals surface area (Å²) in [6.07, 6.45) is 5.04. The van der Waals surface area contributed by atoms with Gasteiger partial charge in [-0.25, -0.2) is 0 Å². The summed E-state index contributed by atoms with van der Waals surface area (Å²) < 4.78 is 5.56. The molecule has 0 aromatic rings. The average Bonchev–Trinajstić information content (AvgIpc) is 2.14. The molecule has 0 spiro atoms. The first-order valence-electron chi connectivity index (χ1n) is 5.28. The first-order chi connectivity index (χ1) is 6.81. The van der Waals surface area contributed by atoms with Crippen molar-refractivity contribution in [3.8, 4) is 6.07 Å². The topological polar surface area (TPSA) is 50.1 Å². The van der Waals surface area contributed by atoms with Crippen molar-refractivity contribution in [3.05, 3.63) is 0 Å². The van der Waals surface area contributed by atoms with E-state index in [1.165, 1.54) is 0 Å². The van der Waals surface area contributed by atoms with Crippen LogP contribution in [0.15, 0.2) is 0 Å². The molecule has 1 saturated carbocycles. The van der Waals surface area contributed by atoms with E-state index in [9.17, 15) is 4.79 Å². The molecule has 14 heavy (non-hydrogen) atoms. The van der Waals surface area contributed by atoms with Crippen molar-refractivity contribution in [1.29, 1.82) is 5.26 Å². The molecule has 1 fully saturated rings. The maximum absolute atomic E-state index is 10.5. The molecule has 0 aromatic carbocycles. The molecule has 78 valence electrons. The number of unbranched alkanes of at least 4 members (excludes halogenated alkanes) is 1. The zero-order valence-corrected chi connectivity index (χ0v) is 8.61. The molecule has 1 rings (SSSR count). The van der Waals surface area contributed by atoms with E-state index in [2.05, 4.69) is 6.92 Å². The molecule has 3 nitrogen and oxygen atoms in total. The van der Waals surface area contributed by atoms with E-state index in [4.69, 9.17) is 10.00 Å². The maximum Gasteiger partial charge on any atom is 0.137 e. The number of aldehydes is 1. The van der Waals surface area contributed by atoms with Gasteiger partial charge in [0.2, 0.25) is 0 Å². The van der Waals surface area contributed by atoms with E-state index < -0.39 is 5.92 Å². The summed E-state index contributed by atoms with van der Waals surface area (Å²) in [4.78, 5) is 10.5. The Bertz CT molecular complexity index is 216. The summed E-state index contributed by atoms with van der Waals surface area (Å²) in [5.74, 6) is -0.176. The third kappa shape index (κ3) is 2.81. The van der Waals surface area contributed by atoms with Gasteiger partial charge < -0.3 is 9.53 Å². The second-order valence-electron chi connectivity index (χ2n) is 3.87. The van der Waals surface area contributed by atoms with Crippen LogP contribution in [0.25, 0.3) is 0 Å². The Labute approximate surface area is 85.1 Å². The monoisotopic (exact) mass is 195 g/mol. The molecule has 0 radical (unpaired) electrons. The van der Waals surface area contributed by atoms with Crippen LogP contribution in [0.3, 0.4) is 0 Å². The Kier molecular flexibility index (Phi) is 4.61. The van der Waals surface area contributed by atoms with E-state index >= 15 is 0 Å². The molecule has 0 aliphatic heterocycles. The van der Waals surface area contributed by atoms with Crippen LogP contribution < -0.4 is 0 Å². The number of carbonyl (C=O) groups excluding carboxylic acids is 1. The summed E-state index contributed by atoms with van der Waals surface area (Å²) in [5.41, 5.74) is 0. The Hall–Kier alpha value is -0.880. The van der Waals surface area contributed by atoms with Gasteiger partial charge in [0.15, 0.2) is 0 Å². The third-order valence-corrected chi connectivity index (χ3v) is 2.79. The standard InChI is InChI=1S/C11H17NO2/c1-2-3-4-14-11-5-9(6-11)10(7-12)8-13/h8-11H,2-6H2,1H3/t9-,10?,11+. The van der Waals surface area contributed by atoms with Crippen molar-refractivity contribution in [1.82, 2.24) is 0 Å². The number of nitrogens with zero attached hydrogens (tertiary/aromatic N) is 1. The smallest absolute Gasteiger partial charge is 0.137 e. The van der Waals surface area contributed by atoms with Crippen LogP contribution in [0.5, 0.6) is 0 Å². The second kappa shape index (κ2) is 5.77. The van der Waals surface area contributed by atoms with Crippen molar-refractivity contribution >= 4 is 6.29 Å². The minimum Gasteiger partial charge on any atom is -0.378 e. The fraction of sp³-hybridized carbons (Fsp3) is 0.818. The lowest BCUT2D eigenvalue weighted by atomic mass is 9.75. The highest BCUT2D eigenvalue weighted by Crippen LogP contribution is 2.35. The van der Waals surface area contributed by atoms with E-state index in [0.29, 0.717) is 6.10 Å². The first kappa shape index (κ1) is 11.2. The predicted octanol–water partition coefficient (Wildman–Crippen LogP) is 1.92. The van der Waals surface area contributed by atoms with Crippen LogP contribution >= 0.6 is 0 Å². The normalized spacial score (nSPS) is 27.4. The van der Waals surface area contributed by atoms with Crippen LogP contribution in [0.4, 0.5) is 0 Å². The van der Waals surface area contributed by atoms with Crippen molar-refractivity contribution in [2.75, 3.05) is 6.61 Å². The lowest BCUT2D eigenvalue weighted by Gasteiger charge is -2.36. The second-order valence-corrected chi connectivity index (χ2v) is 3.87. The molecule has 1 aliphatic rings. The zero-order chi connectivity index (χ0) is 10.4. The summed E-state index contributed by atoms with van der Waals surface area (Å²) >= 11 is 0. The number of carbonyl (C=O) groups is 1. The lowest BCUT2D eigenvalue weighted by Crippen LogP contribution is -2.36. The van der Waals surface area contributed by atoms with Crippen molar-refractivity contribution in [2.24, 2.45) is 11.8 Å². The molecule has 0 saturated heterocycles. The Morgan fingerprint density at radius 2 is 2.36 bits per heavy atom. The number of hydrogen-bond donors (Lipinski definition) is 0. The summed E-state index contributed by atoms with van der Waals surface area (Å²) in [6, 6.07) is 2.02. The molecule has 1 atom stereocenters. The highest BCUT2D eigenvalue weighted by atomic mass is 16.5. The molecule has 1 aliphatic carbocycles. The first-order valence-corrected chi connectivity index (χ1v) is 5.28. The van der Waals surface area contributed by atoms with Crippen molar-refractivity contribution in [3.63, 3.8) is 0 Å². The third-order valence-electron chi connectivity index (χ3n) is 2.79. The van der Waals surface area contributed by atoms with Crippen molar-refractivity contribution < 1.29 is 9.53 Å². The van der Waals surface area contributed by atoms with E-state index in [1.54, 1.807) is 0 Å². The zero-order valence-electron chi connectivity index (χ0n) is 8.61.